The molecular weight excluding hydrogens is 476 g/mol. The molecular formula is C24H23BrN2O3S. The molecule has 3 aromatic rings. The van der Waals surface area contributed by atoms with Crippen LogP contribution in [0.4, 0.5) is 10.7 Å². The Morgan fingerprint density at radius 3 is 2.39 bits per heavy atom. The van der Waals surface area contributed by atoms with Gasteiger partial charge in [0.05, 0.1) is 6.61 Å². The number of halogens is 1. The van der Waals surface area contributed by atoms with Crippen LogP contribution in [0.25, 0.3) is 17.2 Å². The lowest BCUT2D eigenvalue weighted by atomic mass is 10.0. The summed E-state index contributed by atoms with van der Waals surface area (Å²) in [5.41, 5.74) is 3.97. The molecule has 2 aromatic carbocycles. The summed E-state index contributed by atoms with van der Waals surface area (Å²) in [6, 6.07) is 15.5. The molecule has 1 heterocycles. The first kappa shape index (κ1) is 22.8. The maximum Gasteiger partial charge on any atom is 0.341 e. The van der Waals surface area contributed by atoms with Crippen molar-refractivity contribution in [3.05, 3.63) is 75.6 Å². The zero-order valence-electron chi connectivity index (χ0n) is 17.5. The lowest BCUT2D eigenvalue weighted by Crippen LogP contribution is -2.12. The summed E-state index contributed by atoms with van der Waals surface area (Å²) in [5.74, 6) is -0.772. The van der Waals surface area contributed by atoms with Crippen molar-refractivity contribution in [1.82, 2.24) is 0 Å². The molecule has 3 rings (SSSR count). The smallest absolute Gasteiger partial charge is 0.341 e. The summed E-state index contributed by atoms with van der Waals surface area (Å²) in [5, 5.41) is 5.15. The van der Waals surface area contributed by atoms with Gasteiger partial charge < -0.3 is 15.0 Å². The van der Waals surface area contributed by atoms with Crippen LogP contribution in [0.1, 0.15) is 22.8 Å². The van der Waals surface area contributed by atoms with Crippen LogP contribution in [0.15, 0.2) is 64.5 Å². The number of carbonyl (C=O) groups excluding carboxylic acids is 2. The summed E-state index contributed by atoms with van der Waals surface area (Å²) in [4.78, 5) is 27.2. The number of nitrogens with zero attached hydrogens (tertiary/aromatic N) is 1. The van der Waals surface area contributed by atoms with Gasteiger partial charge in [0.25, 0.3) is 0 Å². The summed E-state index contributed by atoms with van der Waals surface area (Å²) in [6.07, 6.45) is 3.20. The number of thiophene rings is 1. The number of anilines is 2. The fourth-order valence-electron chi connectivity index (χ4n) is 2.91. The molecule has 5 nitrogen and oxygen atoms in total. The van der Waals surface area contributed by atoms with Crippen molar-refractivity contribution in [2.24, 2.45) is 0 Å². The Morgan fingerprint density at radius 1 is 1.10 bits per heavy atom. The molecule has 7 heteroatoms. The minimum Gasteiger partial charge on any atom is -0.462 e. The van der Waals surface area contributed by atoms with E-state index in [4.69, 9.17) is 4.74 Å². The third-order valence-corrected chi connectivity index (χ3v) is 5.92. The minimum absolute atomic E-state index is 0.255. The second-order valence-corrected chi connectivity index (χ2v) is 8.68. The van der Waals surface area contributed by atoms with Crippen molar-refractivity contribution in [2.75, 3.05) is 30.9 Å². The summed E-state index contributed by atoms with van der Waals surface area (Å²) >= 11 is 4.72. The quantitative estimate of drug-likeness (QED) is 0.317. The number of nitrogens with one attached hydrogen (secondary N) is 1. The monoisotopic (exact) mass is 498 g/mol. The minimum atomic E-state index is -0.458. The first-order valence-electron chi connectivity index (χ1n) is 9.70. The number of rotatable bonds is 7. The summed E-state index contributed by atoms with van der Waals surface area (Å²) in [7, 11) is 3.95. The number of esters is 1. The van der Waals surface area contributed by atoms with E-state index in [1.54, 1.807) is 13.0 Å². The molecule has 0 bridgehead atoms. The van der Waals surface area contributed by atoms with Crippen LogP contribution in [0, 0.1) is 0 Å². The van der Waals surface area contributed by atoms with Crippen molar-refractivity contribution in [2.45, 2.75) is 6.92 Å². The van der Waals surface area contributed by atoms with Gasteiger partial charge in [-0.3, -0.25) is 4.79 Å². The Kier molecular flexibility index (Phi) is 7.65. The van der Waals surface area contributed by atoms with Crippen molar-refractivity contribution in [3.8, 4) is 11.1 Å². The van der Waals surface area contributed by atoms with Crippen molar-refractivity contribution >= 4 is 55.9 Å². The molecule has 160 valence electrons. The van der Waals surface area contributed by atoms with Crippen LogP contribution in [-0.2, 0) is 9.53 Å². The van der Waals surface area contributed by atoms with E-state index >= 15 is 0 Å². The highest BCUT2D eigenvalue weighted by molar-refractivity contribution is 9.10. The molecule has 1 aromatic heterocycles. The van der Waals surface area contributed by atoms with Gasteiger partial charge in [-0.15, -0.1) is 11.3 Å². The Labute approximate surface area is 194 Å². The van der Waals surface area contributed by atoms with Crippen LogP contribution < -0.4 is 10.2 Å². The highest BCUT2D eigenvalue weighted by Gasteiger charge is 2.22. The van der Waals surface area contributed by atoms with E-state index in [1.807, 2.05) is 72.9 Å². The number of hydrogen-bond acceptors (Lipinski definition) is 5. The van der Waals surface area contributed by atoms with Crippen molar-refractivity contribution in [1.29, 1.82) is 0 Å². The zero-order chi connectivity index (χ0) is 22.4. The van der Waals surface area contributed by atoms with Gasteiger partial charge in [-0.1, -0.05) is 40.2 Å². The Balaban J connectivity index is 1.82. The number of amides is 1. The van der Waals surface area contributed by atoms with Gasteiger partial charge in [0, 0.05) is 41.3 Å². The molecule has 0 fully saturated rings. The second-order valence-electron chi connectivity index (χ2n) is 6.89. The van der Waals surface area contributed by atoms with Crippen molar-refractivity contribution < 1.29 is 14.3 Å². The molecule has 1 N–H and O–H groups in total. The van der Waals surface area contributed by atoms with Crippen molar-refractivity contribution in [3.63, 3.8) is 0 Å². The average molecular weight is 499 g/mol. The van der Waals surface area contributed by atoms with E-state index in [9.17, 15) is 9.59 Å². The highest BCUT2D eigenvalue weighted by Crippen LogP contribution is 2.36. The molecule has 31 heavy (non-hydrogen) atoms. The molecule has 0 unspecified atom stereocenters. The molecule has 0 radical (unpaired) electrons. The van der Waals surface area contributed by atoms with Crippen LogP contribution in [0.2, 0.25) is 0 Å². The second kappa shape index (κ2) is 10.4. The Hall–Kier alpha value is -2.90. The predicted molar refractivity (Wildman–Crippen MR) is 132 cm³/mol. The molecule has 0 atom stereocenters. The Morgan fingerprint density at radius 2 is 1.77 bits per heavy atom. The molecule has 0 aliphatic heterocycles. The predicted octanol–water partition coefficient (Wildman–Crippen LogP) is 6.07. The van der Waals surface area contributed by atoms with Crippen LogP contribution in [0.3, 0.4) is 0 Å². The first-order valence-corrected chi connectivity index (χ1v) is 11.4. The van der Waals surface area contributed by atoms with E-state index in [2.05, 4.69) is 21.2 Å². The first-order chi connectivity index (χ1) is 14.9. The van der Waals surface area contributed by atoms with E-state index in [-0.39, 0.29) is 12.5 Å². The Bertz CT molecular complexity index is 1090. The molecule has 1 amide bonds. The highest BCUT2D eigenvalue weighted by atomic mass is 79.9. The van der Waals surface area contributed by atoms with Gasteiger partial charge in [-0.25, -0.2) is 4.79 Å². The van der Waals surface area contributed by atoms with E-state index in [0.29, 0.717) is 10.6 Å². The third-order valence-electron chi connectivity index (χ3n) is 4.50. The normalized spacial score (nSPS) is 10.8. The number of carbonyl (C=O) groups is 2. The lowest BCUT2D eigenvalue weighted by Gasteiger charge is -2.11. The maximum atomic E-state index is 12.6. The standard InChI is InChI=1S/C24H23BrN2O3S/c1-4-30-24(29)22-20(17-8-10-18(25)11-9-17)15-31-23(22)26-21(28)14-7-16-5-12-19(13-6-16)27(2)3/h5-15H,4H2,1-3H3,(H,26,28). The molecule has 0 aliphatic rings. The van der Waals surface area contributed by atoms with Gasteiger partial charge in [0.1, 0.15) is 10.6 Å². The summed E-state index contributed by atoms with van der Waals surface area (Å²) < 4.78 is 6.19. The number of ether oxygens (including phenoxy) is 1. The maximum absolute atomic E-state index is 12.6. The lowest BCUT2D eigenvalue weighted by molar-refractivity contribution is -0.111. The SMILES string of the molecule is CCOC(=O)c1c(-c2ccc(Br)cc2)csc1NC(=O)C=Cc1ccc(N(C)C)cc1. The average Bonchev–Trinajstić information content (AvgIpc) is 3.16. The molecule has 0 saturated heterocycles. The number of hydrogen-bond donors (Lipinski definition) is 1. The van der Waals surface area contributed by atoms with Gasteiger partial charge >= 0.3 is 5.97 Å². The van der Waals surface area contributed by atoms with Gasteiger partial charge in [-0.05, 0) is 48.4 Å². The van der Waals surface area contributed by atoms with Gasteiger partial charge in [-0.2, -0.15) is 0 Å². The molecule has 0 spiro atoms. The topological polar surface area (TPSA) is 58.6 Å². The zero-order valence-corrected chi connectivity index (χ0v) is 19.9. The molecule has 0 aliphatic carbocycles. The van der Waals surface area contributed by atoms with Crippen LogP contribution in [0.5, 0.6) is 0 Å². The van der Waals surface area contributed by atoms with E-state index in [0.717, 1.165) is 26.9 Å². The third kappa shape index (κ3) is 5.83. The molecule has 0 saturated carbocycles. The van der Waals surface area contributed by atoms with Crippen LogP contribution >= 0.6 is 27.3 Å². The number of benzene rings is 2. The van der Waals surface area contributed by atoms with Gasteiger partial charge in [0.2, 0.25) is 5.91 Å². The van der Waals surface area contributed by atoms with E-state index < -0.39 is 5.97 Å². The largest absolute Gasteiger partial charge is 0.462 e. The fourth-order valence-corrected chi connectivity index (χ4v) is 4.13. The van der Waals surface area contributed by atoms with Crippen LogP contribution in [-0.4, -0.2) is 32.6 Å². The summed E-state index contributed by atoms with van der Waals surface area (Å²) in [6.45, 7) is 2.01. The van der Waals surface area contributed by atoms with E-state index in [1.165, 1.54) is 17.4 Å². The van der Waals surface area contributed by atoms with Gasteiger partial charge in [0.15, 0.2) is 0 Å². The fraction of sp³-hybridized carbons (Fsp3) is 0.167.